The molecule has 0 unspecified atom stereocenters. The maximum atomic E-state index is 12.7. The third-order valence-corrected chi connectivity index (χ3v) is 5.28. The number of nitrogens with one attached hydrogen (secondary N) is 1. The lowest BCUT2D eigenvalue weighted by Crippen LogP contribution is -2.53. The summed E-state index contributed by atoms with van der Waals surface area (Å²) in [4.78, 5) is 32.1. The molecule has 0 aliphatic carbocycles. The lowest BCUT2D eigenvalue weighted by atomic mass is 10.1. The predicted molar refractivity (Wildman–Crippen MR) is 105 cm³/mol. The van der Waals surface area contributed by atoms with Crippen molar-refractivity contribution < 1.29 is 14.3 Å². The summed E-state index contributed by atoms with van der Waals surface area (Å²) in [5, 5.41) is 1.03. The van der Waals surface area contributed by atoms with Gasteiger partial charge in [0.05, 0.1) is 6.10 Å². The smallest absolute Gasteiger partial charge is 0.270 e. The molecule has 2 aromatic rings. The van der Waals surface area contributed by atoms with Crippen molar-refractivity contribution in [3.63, 3.8) is 0 Å². The van der Waals surface area contributed by atoms with E-state index < -0.39 is 0 Å². The number of hydrogen-bond acceptors (Lipinski definition) is 4. The van der Waals surface area contributed by atoms with Crippen molar-refractivity contribution in [1.82, 2.24) is 14.8 Å². The fourth-order valence-electron chi connectivity index (χ4n) is 3.75. The number of H-pyrrole nitrogens is 1. The third kappa shape index (κ3) is 3.95. The van der Waals surface area contributed by atoms with E-state index in [0.29, 0.717) is 38.4 Å². The third-order valence-electron chi connectivity index (χ3n) is 5.28. The quantitative estimate of drug-likeness (QED) is 0.825. The first-order valence-corrected chi connectivity index (χ1v) is 9.17. The number of ether oxygens (including phenoxy) is 1. The van der Waals surface area contributed by atoms with Crippen LogP contribution in [0.25, 0.3) is 10.9 Å². The Morgan fingerprint density at radius 2 is 1.81 bits per heavy atom. The monoisotopic (exact) mass is 392 g/mol. The van der Waals surface area contributed by atoms with E-state index in [-0.39, 0.29) is 36.4 Å². The van der Waals surface area contributed by atoms with Crippen molar-refractivity contribution >= 4 is 35.1 Å². The largest absolute Gasteiger partial charge is 0.364 e. The van der Waals surface area contributed by atoms with Gasteiger partial charge in [0.1, 0.15) is 11.8 Å². The number of benzene rings is 1. The standard InChI is InChI=1S/C19H24N4O3.ClH/c20-12-14-5-6-17(26-14)19(25)23-9-7-22(8-10-23)18(24)16-11-13-3-1-2-4-15(13)21-16;/h1-4,11,14,17,21H,5-10,12,20H2;1H/t14-,17+;/m1./s1. The topological polar surface area (TPSA) is 91.7 Å². The average molecular weight is 393 g/mol. The fourth-order valence-corrected chi connectivity index (χ4v) is 3.75. The summed E-state index contributed by atoms with van der Waals surface area (Å²) in [6, 6.07) is 9.72. The summed E-state index contributed by atoms with van der Waals surface area (Å²) < 4.78 is 5.70. The number of aromatic nitrogens is 1. The Kier molecular flexibility index (Phi) is 6.04. The van der Waals surface area contributed by atoms with Crippen LogP contribution < -0.4 is 5.73 Å². The highest BCUT2D eigenvalue weighted by Gasteiger charge is 2.34. The second-order valence-corrected chi connectivity index (χ2v) is 6.95. The Hall–Kier alpha value is -2.09. The van der Waals surface area contributed by atoms with Crippen molar-refractivity contribution in [2.75, 3.05) is 32.7 Å². The van der Waals surface area contributed by atoms with Crippen molar-refractivity contribution in [3.05, 3.63) is 36.0 Å². The molecule has 2 aliphatic rings. The van der Waals surface area contributed by atoms with Gasteiger partial charge in [0.15, 0.2) is 0 Å². The van der Waals surface area contributed by atoms with Crippen LogP contribution in [0.5, 0.6) is 0 Å². The van der Waals surface area contributed by atoms with Crippen LogP contribution in [-0.2, 0) is 9.53 Å². The number of nitrogens with zero attached hydrogens (tertiary/aromatic N) is 2. The SMILES string of the molecule is Cl.NC[C@H]1CC[C@@H](C(=O)N2CCN(C(=O)c3cc4ccccc4[nH]3)CC2)O1. The molecule has 0 saturated carbocycles. The van der Waals surface area contributed by atoms with Gasteiger partial charge in [-0.15, -0.1) is 12.4 Å². The number of carbonyl (C=O) groups is 2. The van der Waals surface area contributed by atoms with Gasteiger partial charge in [-0.3, -0.25) is 9.59 Å². The number of halogens is 1. The zero-order chi connectivity index (χ0) is 18.1. The van der Waals surface area contributed by atoms with Gasteiger partial charge in [-0.25, -0.2) is 0 Å². The molecular weight excluding hydrogens is 368 g/mol. The molecule has 0 bridgehead atoms. The zero-order valence-corrected chi connectivity index (χ0v) is 15.9. The Labute approximate surface area is 164 Å². The van der Waals surface area contributed by atoms with Crippen molar-refractivity contribution in [1.29, 1.82) is 0 Å². The average Bonchev–Trinajstić information content (AvgIpc) is 3.33. The summed E-state index contributed by atoms with van der Waals surface area (Å²) in [6.07, 6.45) is 1.19. The number of carbonyl (C=O) groups excluding carboxylic acids is 2. The summed E-state index contributed by atoms with van der Waals surface area (Å²) in [6.45, 7) is 2.60. The van der Waals surface area contributed by atoms with Crippen LogP contribution in [0.15, 0.2) is 30.3 Å². The first-order valence-electron chi connectivity index (χ1n) is 9.17. The van der Waals surface area contributed by atoms with E-state index in [2.05, 4.69) is 4.98 Å². The number of rotatable bonds is 3. The number of aromatic amines is 1. The van der Waals surface area contributed by atoms with Gasteiger partial charge < -0.3 is 25.3 Å². The first-order chi connectivity index (χ1) is 12.7. The van der Waals surface area contributed by atoms with Gasteiger partial charge in [0.25, 0.3) is 11.8 Å². The van der Waals surface area contributed by atoms with Gasteiger partial charge in [-0.05, 0) is 25.0 Å². The van der Waals surface area contributed by atoms with E-state index in [0.717, 1.165) is 23.7 Å². The van der Waals surface area contributed by atoms with Crippen molar-refractivity contribution in [2.45, 2.75) is 25.0 Å². The molecule has 8 heteroatoms. The minimum absolute atomic E-state index is 0. The molecule has 1 aromatic carbocycles. The summed E-state index contributed by atoms with van der Waals surface area (Å²) in [5.41, 5.74) is 7.16. The summed E-state index contributed by atoms with van der Waals surface area (Å²) in [7, 11) is 0. The number of nitrogens with two attached hydrogens (primary N) is 1. The number of piperazine rings is 1. The molecular formula is C19H25ClN4O3. The van der Waals surface area contributed by atoms with Crippen LogP contribution in [0, 0.1) is 0 Å². The number of amides is 2. The van der Waals surface area contributed by atoms with E-state index in [1.807, 2.05) is 30.3 Å². The molecule has 2 fully saturated rings. The highest BCUT2D eigenvalue weighted by atomic mass is 35.5. The van der Waals surface area contributed by atoms with Gasteiger partial charge in [-0.2, -0.15) is 0 Å². The molecule has 0 spiro atoms. The Bertz CT molecular complexity index is 783. The van der Waals surface area contributed by atoms with Crippen LogP contribution in [0.2, 0.25) is 0 Å². The maximum Gasteiger partial charge on any atom is 0.270 e. The molecule has 7 nitrogen and oxygen atoms in total. The molecule has 27 heavy (non-hydrogen) atoms. The van der Waals surface area contributed by atoms with Gasteiger partial charge in [0.2, 0.25) is 0 Å². The predicted octanol–water partition coefficient (Wildman–Crippen LogP) is 1.38. The van der Waals surface area contributed by atoms with E-state index in [4.69, 9.17) is 10.5 Å². The van der Waals surface area contributed by atoms with Crippen molar-refractivity contribution in [3.8, 4) is 0 Å². The second-order valence-electron chi connectivity index (χ2n) is 6.95. The van der Waals surface area contributed by atoms with E-state index in [9.17, 15) is 9.59 Å². The molecule has 146 valence electrons. The highest BCUT2D eigenvalue weighted by Crippen LogP contribution is 2.22. The number of hydrogen-bond donors (Lipinski definition) is 2. The van der Waals surface area contributed by atoms with Gasteiger partial charge >= 0.3 is 0 Å². The Morgan fingerprint density at radius 3 is 2.48 bits per heavy atom. The lowest BCUT2D eigenvalue weighted by molar-refractivity contribution is -0.144. The highest BCUT2D eigenvalue weighted by molar-refractivity contribution is 5.98. The summed E-state index contributed by atoms with van der Waals surface area (Å²) >= 11 is 0. The van der Waals surface area contributed by atoms with Crippen LogP contribution in [0.4, 0.5) is 0 Å². The van der Waals surface area contributed by atoms with E-state index in [1.165, 1.54) is 0 Å². The fraction of sp³-hybridized carbons (Fsp3) is 0.474. The zero-order valence-electron chi connectivity index (χ0n) is 15.1. The Balaban J connectivity index is 0.00000210. The molecule has 2 aliphatic heterocycles. The van der Waals surface area contributed by atoms with Crippen LogP contribution in [-0.4, -0.2) is 71.5 Å². The van der Waals surface area contributed by atoms with E-state index in [1.54, 1.807) is 9.80 Å². The molecule has 2 amide bonds. The minimum Gasteiger partial charge on any atom is -0.364 e. The Morgan fingerprint density at radius 1 is 1.11 bits per heavy atom. The molecule has 0 radical (unpaired) electrons. The number of fused-ring (bicyclic) bond motifs is 1. The molecule has 2 atom stereocenters. The van der Waals surface area contributed by atoms with Crippen LogP contribution >= 0.6 is 12.4 Å². The molecule has 3 heterocycles. The van der Waals surface area contributed by atoms with E-state index >= 15 is 0 Å². The lowest BCUT2D eigenvalue weighted by Gasteiger charge is -2.35. The van der Waals surface area contributed by atoms with Gasteiger partial charge in [-0.1, -0.05) is 18.2 Å². The second kappa shape index (κ2) is 8.29. The minimum atomic E-state index is -0.375. The van der Waals surface area contributed by atoms with Crippen LogP contribution in [0.1, 0.15) is 23.3 Å². The van der Waals surface area contributed by atoms with Crippen LogP contribution in [0.3, 0.4) is 0 Å². The van der Waals surface area contributed by atoms with Crippen molar-refractivity contribution in [2.24, 2.45) is 5.73 Å². The number of para-hydroxylation sites is 1. The maximum absolute atomic E-state index is 12.7. The molecule has 4 rings (SSSR count). The van der Waals surface area contributed by atoms with Gasteiger partial charge in [0, 0.05) is 43.6 Å². The molecule has 1 aromatic heterocycles. The molecule has 2 saturated heterocycles. The molecule has 3 N–H and O–H groups in total. The summed E-state index contributed by atoms with van der Waals surface area (Å²) in [5.74, 6) is 0.00673. The normalized spacial score (nSPS) is 22.7. The first kappa shape index (κ1) is 19.7.